The first-order chi connectivity index (χ1) is 17.9. The van der Waals surface area contributed by atoms with Crippen LogP contribution in [0.15, 0.2) is 30.3 Å². The molecule has 1 aromatic carbocycles. The number of carbonyl (C=O) groups is 1. The largest absolute Gasteiger partial charge is 0.469 e. The van der Waals surface area contributed by atoms with Crippen LogP contribution in [0.4, 0.5) is 29.5 Å². The number of urea groups is 1. The SMILES string of the molecule is Cc1ccc(NC(=O)N2CC[C@@H](CC(F)(F)F)C2)cc1-c1cc(OC(C)(C)CO)nc(N2CCOCC2)c1. The second-order valence-electron chi connectivity index (χ2n) is 10.6. The van der Waals surface area contributed by atoms with E-state index in [1.807, 2.05) is 25.1 Å². The molecule has 0 bridgehead atoms. The number of amides is 2. The third kappa shape index (κ3) is 7.28. The topological polar surface area (TPSA) is 87.2 Å². The predicted molar refractivity (Wildman–Crippen MR) is 139 cm³/mol. The Morgan fingerprint density at radius 3 is 2.61 bits per heavy atom. The van der Waals surface area contributed by atoms with E-state index in [0.717, 1.165) is 22.5 Å². The van der Waals surface area contributed by atoms with Crippen molar-refractivity contribution >= 4 is 17.5 Å². The molecule has 2 aliphatic rings. The van der Waals surface area contributed by atoms with Crippen molar-refractivity contribution in [3.63, 3.8) is 0 Å². The van der Waals surface area contributed by atoms with Crippen LogP contribution in [-0.2, 0) is 4.74 Å². The van der Waals surface area contributed by atoms with E-state index in [-0.39, 0.29) is 13.2 Å². The molecular formula is C27H35F3N4O4. The molecule has 0 radical (unpaired) electrons. The zero-order valence-electron chi connectivity index (χ0n) is 22.0. The number of nitrogens with zero attached hydrogens (tertiary/aromatic N) is 3. The summed E-state index contributed by atoms with van der Waals surface area (Å²) in [5.74, 6) is 0.507. The van der Waals surface area contributed by atoms with Gasteiger partial charge in [0.15, 0.2) is 0 Å². The first kappa shape index (κ1) is 28.0. The molecule has 2 aromatic rings. The fourth-order valence-electron chi connectivity index (χ4n) is 4.69. The number of rotatable bonds is 7. The Kier molecular flexibility index (Phi) is 8.37. The zero-order valence-corrected chi connectivity index (χ0v) is 22.0. The van der Waals surface area contributed by atoms with Gasteiger partial charge in [-0.25, -0.2) is 4.79 Å². The van der Waals surface area contributed by atoms with E-state index in [4.69, 9.17) is 9.47 Å². The fraction of sp³-hybridized carbons (Fsp3) is 0.556. The highest BCUT2D eigenvalue weighted by Crippen LogP contribution is 2.34. The molecule has 0 unspecified atom stereocenters. The first-order valence-corrected chi connectivity index (χ1v) is 12.8. The van der Waals surface area contributed by atoms with Gasteiger partial charge < -0.3 is 29.7 Å². The van der Waals surface area contributed by atoms with Crippen LogP contribution in [0.3, 0.4) is 0 Å². The quantitative estimate of drug-likeness (QED) is 0.526. The van der Waals surface area contributed by atoms with Gasteiger partial charge in [-0.05, 0) is 68.0 Å². The lowest BCUT2D eigenvalue weighted by Gasteiger charge is -2.30. The number of aromatic nitrogens is 1. The Morgan fingerprint density at radius 2 is 1.92 bits per heavy atom. The first-order valence-electron chi connectivity index (χ1n) is 12.8. The minimum absolute atomic E-state index is 0.0820. The standard InChI is InChI=1S/C27H35F3N4O4/c1-18-4-5-21(31-25(36)34-7-6-19(16-34)15-27(28,29)30)14-22(18)20-12-23(33-8-10-37-11-9-33)32-24(13-20)38-26(2,3)17-35/h4-5,12-14,19,35H,6-11,15-17H2,1-3H3,(H,31,36)/t19-/m0/s1. The van der Waals surface area contributed by atoms with Crippen molar-refractivity contribution in [1.29, 1.82) is 0 Å². The van der Waals surface area contributed by atoms with Crippen LogP contribution in [0.1, 0.15) is 32.3 Å². The summed E-state index contributed by atoms with van der Waals surface area (Å²) in [6.45, 7) is 8.22. The maximum Gasteiger partial charge on any atom is 0.389 e. The molecule has 0 aliphatic carbocycles. The number of alkyl halides is 3. The van der Waals surface area contributed by atoms with Crippen molar-refractivity contribution in [2.24, 2.45) is 5.92 Å². The highest BCUT2D eigenvalue weighted by Gasteiger charge is 2.36. The fourth-order valence-corrected chi connectivity index (χ4v) is 4.69. The second-order valence-corrected chi connectivity index (χ2v) is 10.6. The van der Waals surface area contributed by atoms with Crippen molar-refractivity contribution in [2.75, 3.05) is 56.2 Å². The number of nitrogens with one attached hydrogen (secondary N) is 1. The Bertz CT molecular complexity index is 1140. The number of aliphatic hydroxyl groups is 1. The number of anilines is 2. The van der Waals surface area contributed by atoms with Gasteiger partial charge >= 0.3 is 12.2 Å². The van der Waals surface area contributed by atoms with Crippen molar-refractivity contribution in [1.82, 2.24) is 9.88 Å². The highest BCUT2D eigenvalue weighted by atomic mass is 19.4. The molecule has 1 aromatic heterocycles. The van der Waals surface area contributed by atoms with Crippen LogP contribution in [-0.4, -0.2) is 78.8 Å². The lowest BCUT2D eigenvalue weighted by molar-refractivity contribution is -0.143. The van der Waals surface area contributed by atoms with Crippen LogP contribution in [0.5, 0.6) is 5.88 Å². The number of aliphatic hydroxyl groups excluding tert-OH is 1. The van der Waals surface area contributed by atoms with Crippen LogP contribution in [0, 0.1) is 12.8 Å². The molecule has 208 valence electrons. The zero-order chi connectivity index (χ0) is 27.5. The summed E-state index contributed by atoms with van der Waals surface area (Å²) in [4.78, 5) is 21.0. The molecule has 2 N–H and O–H groups in total. The summed E-state index contributed by atoms with van der Waals surface area (Å²) in [6.07, 6.45) is -4.78. The molecule has 4 rings (SSSR count). The maximum atomic E-state index is 12.8. The van der Waals surface area contributed by atoms with Gasteiger partial charge in [0.1, 0.15) is 11.4 Å². The van der Waals surface area contributed by atoms with Gasteiger partial charge in [0.05, 0.1) is 19.8 Å². The van der Waals surface area contributed by atoms with E-state index in [2.05, 4.69) is 15.2 Å². The number of hydrogen-bond donors (Lipinski definition) is 2. The summed E-state index contributed by atoms with van der Waals surface area (Å²) in [5.41, 5.74) is 2.34. The van der Waals surface area contributed by atoms with E-state index >= 15 is 0 Å². The van der Waals surface area contributed by atoms with Gasteiger partial charge in [-0.3, -0.25) is 0 Å². The van der Waals surface area contributed by atoms with Crippen LogP contribution < -0.4 is 15.0 Å². The molecular weight excluding hydrogens is 501 g/mol. The minimum Gasteiger partial charge on any atom is -0.469 e. The molecule has 2 fully saturated rings. The number of likely N-dealkylation sites (tertiary alicyclic amines) is 1. The van der Waals surface area contributed by atoms with E-state index in [1.165, 1.54) is 4.90 Å². The predicted octanol–water partition coefficient (Wildman–Crippen LogP) is 4.85. The van der Waals surface area contributed by atoms with Crippen molar-refractivity contribution < 1.29 is 32.5 Å². The molecule has 11 heteroatoms. The molecule has 0 saturated carbocycles. The summed E-state index contributed by atoms with van der Waals surface area (Å²) in [6, 6.07) is 8.85. The normalized spacial score (nSPS) is 18.6. The van der Waals surface area contributed by atoms with E-state index in [9.17, 15) is 23.1 Å². The molecule has 2 saturated heterocycles. The van der Waals surface area contributed by atoms with E-state index in [0.29, 0.717) is 50.8 Å². The van der Waals surface area contributed by atoms with Crippen molar-refractivity contribution in [3.8, 4) is 17.0 Å². The number of aryl methyl sites for hydroxylation is 1. The van der Waals surface area contributed by atoms with Gasteiger partial charge in [0.25, 0.3) is 0 Å². The van der Waals surface area contributed by atoms with Gasteiger partial charge in [-0.15, -0.1) is 0 Å². The Labute approximate surface area is 220 Å². The maximum absolute atomic E-state index is 12.8. The van der Waals surface area contributed by atoms with Gasteiger partial charge in [-0.2, -0.15) is 18.2 Å². The Balaban J connectivity index is 1.57. The second kappa shape index (κ2) is 11.4. The Morgan fingerprint density at radius 1 is 1.18 bits per heavy atom. The number of hydrogen-bond acceptors (Lipinski definition) is 6. The summed E-state index contributed by atoms with van der Waals surface area (Å²) in [5, 5.41) is 12.5. The third-order valence-corrected chi connectivity index (χ3v) is 6.78. The summed E-state index contributed by atoms with van der Waals surface area (Å²) < 4.78 is 49.8. The lowest BCUT2D eigenvalue weighted by Crippen LogP contribution is -2.37. The van der Waals surface area contributed by atoms with E-state index in [1.54, 1.807) is 26.0 Å². The molecule has 2 aliphatic heterocycles. The molecule has 3 heterocycles. The average Bonchev–Trinajstić information content (AvgIpc) is 3.32. The van der Waals surface area contributed by atoms with Gasteiger partial charge in [0.2, 0.25) is 5.88 Å². The highest BCUT2D eigenvalue weighted by molar-refractivity contribution is 5.90. The van der Waals surface area contributed by atoms with Crippen LogP contribution in [0.25, 0.3) is 11.1 Å². The molecule has 38 heavy (non-hydrogen) atoms. The average molecular weight is 537 g/mol. The number of ether oxygens (including phenoxy) is 2. The Hall–Kier alpha value is -3.05. The van der Waals surface area contributed by atoms with Gasteiger partial charge in [-0.1, -0.05) is 6.07 Å². The molecule has 2 amide bonds. The number of carbonyl (C=O) groups excluding carboxylic acids is 1. The number of benzene rings is 1. The van der Waals surface area contributed by atoms with E-state index < -0.39 is 30.1 Å². The molecule has 8 nitrogen and oxygen atoms in total. The molecule has 0 spiro atoms. The third-order valence-electron chi connectivity index (χ3n) is 6.78. The van der Waals surface area contributed by atoms with Crippen molar-refractivity contribution in [3.05, 3.63) is 35.9 Å². The van der Waals surface area contributed by atoms with Crippen molar-refractivity contribution in [2.45, 2.75) is 45.4 Å². The number of pyridine rings is 1. The smallest absolute Gasteiger partial charge is 0.389 e. The number of morpholine rings is 1. The minimum atomic E-state index is -4.23. The summed E-state index contributed by atoms with van der Waals surface area (Å²) >= 11 is 0. The van der Waals surface area contributed by atoms with Crippen LogP contribution in [0.2, 0.25) is 0 Å². The lowest BCUT2D eigenvalue weighted by atomic mass is 10.00. The monoisotopic (exact) mass is 536 g/mol. The summed E-state index contributed by atoms with van der Waals surface area (Å²) in [7, 11) is 0. The molecule has 1 atom stereocenters. The van der Waals surface area contributed by atoms with Crippen LogP contribution >= 0.6 is 0 Å². The number of halogens is 3. The van der Waals surface area contributed by atoms with Gasteiger partial charge in [0, 0.05) is 44.4 Å².